The van der Waals surface area contributed by atoms with E-state index in [1.54, 1.807) is 12.1 Å². The molecule has 0 radical (unpaired) electrons. The molecule has 0 aliphatic rings. The predicted octanol–water partition coefficient (Wildman–Crippen LogP) is 1.39. The molecule has 2 aromatic heterocycles. The number of carboxylic acid groups (broad SMARTS) is 1. The van der Waals surface area contributed by atoms with Crippen LogP contribution in [0, 0.1) is 5.82 Å². The molecule has 134 valence electrons. The molecule has 0 saturated heterocycles. The maximum absolute atomic E-state index is 12.9. The van der Waals surface area contributed by atoms with Crippen molar-refractivity contribution in [2.75, 3.05) is 5.32 Å². The molecule has 9 nitrogen and oxygen atoms in total. The number of halogens is 1. The Labute approximate surface area is 147 Å². The number of nitrogens with one attached hydrogen (secondary N) is 1. The Morgan fingerprint density at radius 2 is 1.96 bits per heavy atom. The molecule has 26 heavy (non-hydrogen) atoms. The molecule has 10 heteroatoms. The monoisotopic (exact) mass is 358 g/mol. The van der Waals surface area contributed by atoms with E-state index in [1.165, 1.54) is 40.1 Å². The van der Waals surface area contributed by atoms with E-state index in [0.29, 0.717) is 6.54 Å². The first-order valence-electron chi connectivity index (χ1n) is 7.70. The van der Waals surface area contributed by atoms with E-state index >= 15 is 0 Å². The maximum Gasteiger partial charge on any atom is 0.305 e. The molecule has 0 fully saturated rings. The van der Waals surface area contributed by atoms with Crippen LogP contribution in [0.3, 0.4) is 0 Å². The first-order chi connectivity index (χ1) is 12.5. The second kappa shape index (κ2) is 7.55. The van der Waals surface area contributed by atoms with Crippen LogP contribution in [0.15, 0.2) is 42.9 Å². The molecule has 0 unspecified atom stereocenters. The van der Waals surface area contributed by atoms with Gasteiger partial charge in [-0.25, -0.2) is 14.1 Å². The van der Waals surface area contributed by atoms with Crippen molar-refractivity contribution < 1.29 is 19.1 Å². The highest BCUT2D eigenvalue weighted by molar-refractivity contribution is 6.01. The highest BCUT2D eigenvalue weighted by atomic mass is 19.1. The molecule has 0 spiro atoms. The predicted molar refractivity (Wildman–Crippen MR) is 88.0 cm³/mol. The van der Waals surface area contributed by atoms with Crippen molar-refractivity contribution in [1.29, 1.82) is 0 Å². The van der Waals surface area contributed by atoms with E-state index in [1.807, 2.05) is 0 Å². The summed E-state index contributed by atoms with van der Waals surface area (Å²) in [5.41, 5.74) is 1.04. The summed E-state index contributed by atoms with van der Waals surface area (Å²) in [5, 5.41) is 19.3. The summed E-state index contributed by atoms with van der Waals surface area (Å²) in [6, 6.07) is 7.46. The van der Waals surface area contributed by atoms with E-state index in [4.69, 9.17) is 5.11 Å². The lowest BCUT2D eigenvalue weighted by Crippen LogP contribution is -2.19. The number of hydrogen-bond donors (Lipinski definition) is 2. The second-order valence-electron chi connectivity index (χ2n) is 5.43. The highest BCUT2D eigenvalue weighted by Crippen LogP contribution is 2.08. The van der Waals surface area contributed by atoms with Crippen molar-refractivity contribution in [2.45, 2.75) is 19.5 Å². The lowest BCUT2D eigenvalue weighted by molar-refractivity contribution is -0.137. The van der Waals surface area contributed by atoms with Gasteiger partial charge in [-0.05, 0) is 23.8 Å². The zero-order valence-electron chi connectivity index (χ0n) is 13.5. The van der Waals surface area contributed by atoms with Gasteiger partial charge >= 0.3 is 5.97 Å². The number of carbonyl (C=O) groups is 2. The van der Waals surface area contributed by atoms with Crippen LogP contribution < -0.4 is 5.32 Å². The average Bonchev–Trinajstić information content (AvgIpc) is 3.24. The van der Waals surface area contributed by atoms with E-state index in [0.717, 1.165) is 5.56 Å². The zero-order valence-corrected chi connectivity index (χ0v) is 13.5. The molecule has 2 heterocycles. The van der Waals surface area contributed by atoms with Gasteiger partial charge in [-0.1, -0.05) is 12.1 Å². The number of aryl methyl sites for hydroxylation is 1. The summed E-state index contributed by atoms with van der Waals surface area (Å²) in [4.78, 5) is 27.0. The summed E-state index contributed by atoms with van der Waals surface area (Å²) < 4.78 is 15.7. The van der Waals surface area contributed by atoms with E-state index in [2.05, 4.69) is 20.5 Å². The third-order valence-electron chi connectivity index (χ3n) is 3.51. The topological polar surface area (TPSA) is 115 Å². The van der Waals surface area contributed by atoms with Gasteiger partial charge < -0.3 is 5.11 Å². The van der Waals surface area contributed by atoms with Crippen molar-refractivity contribution in [2.24, 2.45) is 0 Å². The van der Waals surface area contributed by atoms with Gasteiger partial charge in [0.2, 0.25) is 5.95 Å². The van der Waals surface area contributed by atoms with Crippen molar-refractivity contribution in [3.05, 3.63) is 59.9 Å². The zero-order chi connectivity index (χ0) is 18.5. The van der Waals surface area contributed by atoms with Crippen molar-refractivity contribution >= 4 is 17.8 Å². The summed E-state index contributed by atoms with van der Waals surface area (Å²) >= 11 is 0. The number of aliphatic carboxylic acids is 1. The normalized spacial score (nSPS) is 10.7. The van der Waals surface area contributed by atoms with E-state index in [9.17, 15) is 14.0 Å². The Bertz CT molecular complexity index is 918. The SMILES string of the molecule is O=C(O)CCn1nccc1C(=O)Nc1ncn(Cc2ccc(F)cc2)n1. The van der Waals surface area contributed by atoms with Crippen LogP contribution in [-0.4, -0.2) is 41.5 Å². The number of nitrogens with zero attached hydrogens (tertiary/aromatic N) is 5. The summed E-state index contributed by atoms with van der Waals surface area (Å²) in [6.45, 7) is 0.456. The van der Waals surface area contributed by atoms with Crippen LogP contribution in [0.5, 0.6) is 0 Å². The number of rotatable bonds is 7. The Hall–Kier alpha value is -3.56. The van der Waals surface area contributed by atoms with Crippen molar-refractivity contribution in [1.82, 2.24) is 24.5 Å². The molecule has 3 rings (SSSR count). The smallest absolute Gasteiger partial charge is 0.305 e. The molecule has 0 aliphatic heterocycles. The largest absolute Gasteiger partial charge is 0.481 e. The molecule has 0 aliphatic carbocycles. The molecule has 0 atom stereocenters. The highest BCUT2D eigenvalue weighted by Gasteiger charge is 2.15. The Kier molecular flexibility index (Phi) is 5.02. The van der Waals surface area contributed by atoms with Gasteiger partial charge in [0.1, 0.15) is 17.8 Å². The fourth-order valence-corrected chi connectivity index (χ4v) is 2.28. The second-order valence-corrected chi connectivity index (χ2v) is 5.43. The van der Waals surface area contributed by atoms with Gasteiger partial charge in [0.15, 0.2) is 0 Å². The van der Waals surface area contributed by atoms with Crippen LogP contribution in [-0.2, 0) is 17.9 Å². The molecular weight excluding hydrogens is 343 g/mol. The molecule has 3 aromatic rings. The fourth-order valence-electron chi connectivity index (χ4n) is 2.28. The number of anilines is 1. The number of hydrogen-bond acceptors (Lipinski definition) is 5. The van der Waals surface area contributed by atoms with Crippen LogP contribution in [0.25, 0.3) is 0 Å². The summed E-state index contributed by atoms with van der Waals surface area (Å²) in [6.07, 6.45) is 2.71. The number of benzene rings is 1. The van der Waals surface area contributed by atoms with Gasteiger partial charge in [0, 0.05) is 6.20 Å². The standard InChI is InChI=1S/C16H15FN6O3/c17-12-3-1-11(2-4-12)9-22-10-18-16(21-22)20-15(26)13-5-7-19-23(13)8-6-14(24)25/h1-5,7,10H,6,8-9H2,(H,24,25)(H,20,21,26). The van der Waals surface area contributed by atoms with Gasteiger partial charge in [-0.15, -0.1) is 5.10 Å². The molecule has 1 amide bonds. The number of aromatic nitrogens is 5. The van der Waals surface area contributed by atoms with Gasteiger partial charge in [-0.3, -0.25) is 19.6 Å². The third-order valence-corrected chi connectivity index (χ3v) is 3.51. The van der Waals surface area contributed by atoms with Crippen LogP contribution >= 0.6 is 0 Å². The number of carbonyl (C=O) groups excluding carboxylic acids is 1. The first kappa shape index (κ1) is 17.3. The molecule has 2 N–H and O–H groups in total. The average molecular weight is 358 g/mol. The minimum Gasteiger partial charge on any atom is -0.481 e. The van der Waals surface area contributed by atoms with Gasteiger partial charge in [0.25, 0.3) is 5.91 Å². The Morgan fingerprint density at radius 3 is 2.69 bits per heavy atom. The van der Waals surface area contributed by atoms with E-state index in [-0.39, 0.29) is 30.4 Å². The van der Waals surface area contributed by atoms with E-state index < -0.39 is 11.9 Å². The Morgan fingerprint density at radius 1 is 1.19 bits per heavy atom. The minimum atomic E-state index is -0.979. The van der Waals surface area contributed by atoms with Crippen molar-refractivity contribution in [3.63, 3.8) is 0 Å². The first-order valence-corrected chi connectivity index (χ1v) is 7.70. The minimum absolute atomic E-state index is 0.0809. The van der Waals surface area contributed by atoms with Crippen LogP contribution in [0.1, 0.15) is 22.5 Å². The maximum atomic E-state index is 12.9. The fraction of sp³-hybridized carbons (Fsp3) is 0.188. The summed E-state index contributed by atoms with van der Waals surface area (Å²) in [5.74, 6) is -1.69. The molecule has 0 bridgehead atoms. The molecular formula is C16H15FN6O3. The number of amides is 1. The third kappa shape index (κ3) is 4.29. The summed E-state index contributed by atoms with van der Waals surface area (Å²) in [7, 11) is 0. The lowest BCUT2D eigenvalue weighted by atomic mass is 10.2. The molecule has 1 aromatic carbocycles. The van der Waals surface area contributed by atoms with Crippen molar-refractivity contribution in [3.8, 4) is 0 Å². The van der Waals surface area contributed by atoms with Crippen LogP contribution in [0.4, 0.5) is 10.3 Å². The Balaban J connectivity index is 1.64. The van der Waals surface area contributed by atoms with Gasteiger partial charge in [0.05, 0.1) is 19.5 Å². The van der Waals surface area contributed by atoms with Crippen LogP contribution in [0.2, 0.25) is 0 Å². The lowest BCUT2D eigenvalue weighted by Gasteiger charge is -2.05. The number of carboxylic acids is 1. The quantitative estimate of drug-likeness (QED) is 0.659. The molecule has 0 saturated carbocycles. The van der Waals surface area contributed by atoms with Gasteiger partial charge in [-0.2, -0.15) is 5.10 Å².